The molecule has 0 fully saturated rings. The van der Waals surface area contributed by atoms with Crippen molar-refractivity contribution >= 4 is 38.9 Å². The molecule has 0 N–H and O–H groups in total. The summed E-state index contributed by atoms with van der Waals surface area (Å²) < 4.78 is 2.45. The first-order valence-electron chi connectivity index (χ1n) is 23.3. The van der Waals surface area contributed by atoms with Crippen LogP contribution in [0.15, 0.2) is 279 Å². The molecule has 2 nitrogen and oxygen atoms in total. The SMILES string of the molecule is c1ccc(-c2ccc(N(c3ccc(-c4ccccc4)cc3)c3ccc(-c4ccc(-c5ccccc5-n5c6ccc(-c7ccccc7)cc6c6cc(-c7ccccc7)ccc65)cc4)cc3)cc2)cc1. The van der Waals surface area contributed by atoms with Gasteiger partial charge in [0, 0.05) is 33.4 Å². The number of nitrogens with zero attached hydrogens (tertiary/aromatic N) is 2. The van der Waals surface area contributed by atoms with Crippen LogP contribution in [-0.2, 0) is 0 Å². The van der Waals surface area contributed by atoms with Gasteiger partial charge in [0.15, 0.2) is 0 Å². The summed E-state index contributed by atoms with van der Waals surface area (Å²) in [6.45, 7) is 0. The van der Waals surface area contributed by atoms with Crippen LogP contribution >= 0.6 is 0 Å². The molecule has 0 amide bonds. The van der Waals surface area contributed by atoms with Crippen LogP contribution in [0, 0.1) is 0 Å². The lowest BCUT2D eigenvalue weighted by molar-refractivity contribution is 1.18. The minimum atomic E-state index is 1.09. The third kappa shape index (κ3) is 7.74. The van der Waals surface area contributed by atoms with Crippen LogP contribution in [0.1, 0.15) is 0 Å². The van der Waals surface area contributed by atoms with Crippen LogP contribution < -0.4 is 4.90 Å². The lowest BCUT2D eigenvalue weighted by Gasteiger charge is -2.26. The van der Waals surface area contributed by atoms with E-state index in [1.54, 1.807) is 0 Å². The number of hydrogen-bond acceptors (Lipinski definition) is 1. The smallest absolute Gasteiger partial charge is 0.0541 e. The molecule has 0 aliphatic heterocycles. The second-order valence-corrected chi connectivity index (χ2v) is 17.3. The standard InChI is InChI=1S/C66H46N2/c1-5-15-47(16-6-1)52-29-37-58(38-30-52)67(59-39-31-53(32-40-59)48-17-7-2-8-18-48)60-41-33-54(34-42-60)51-25-27-55(28-26-51)61-23-13-14-24-64(61)68-65-43-35-56(49-19-9-3-10-20-49)45-62(65)63-46-57(36-44-66(63)68)50-21-11-4-12-22-50/h1-46H. The van der Waals surface area contributed by atoms with Gasteiger partial charge in [0.05, 0.1) is 16.7 Å². The summed E-state index contributed by atoms with van der Waals surface area (Å²) in [6.07, 6.45) is 0. The van der Waals surface area contributed by atoms with Crippen molar-refractivity contribution in [2.45, 2.75) is 0 Å². The second-order valence-electron chi connectivity index (χ2n) is 17.3. The lowest BCUT2D eigenvalue weighted by atomic mass is 9.98. The van der Waals surface area contributed by atoms with Gasteiger partial charge in [0.2, 0.25) is 0 Å². The maximum absolute atomic E-state index is 2.45. The van der Waals surface area contributed by atoms with Crippen molar-refractivity contribution in [2.75, 3.05) is 4.90 Å². The molecule has 12 aromatic rings. The molecule has 0 spiro atoms. The molecule has 0 atom stereocenters. The Labute approximate surface area is 397 Å². The van der Waals surface area contributed by atoms with Crippen molar-refractivity contribution in [3.63, 3.8) is 0 Å². The number of fused-ring (bicyclic) bond motifs is 3. The molecule has 1 heterocycles. The summed E-state index contributed by atoms with van der Waals surface area (Å²) in [7, 11) is 0. The first-order valence-corrected chi connectivity index (χ1v) is 23.3. The maximum Gasteiger partial charge on any atom is 0.0541 e. The van der Waals surface area contributed by atoms with E-state index in [9.17, 15) is 0 Å². The Morgan fingerprint density at radius 2 is 0.500 bits per heavy atom. The molecule has 0 aliphatic carbocycles. The third-order valence-electron chi connectivity index (χ3n) is 13.2. The summed E-state index contributed by atoms with van der Waals surface area (Å²) in [5.41, 5.74) is 21.1. The molecule has 0 saturated heterocycles. The van der Waals surface area contributed by atoms with Gasteiger partial charge in [-0.2, -0.15) is 0 Å². The number of aromatic nitrogens is 1. The maximum atomic E-state index is 2.45. The second kappa shape index (κ2) is 17.8. The van der Waals surface area contributed by atoms with Crippen molar-refractivity contribution in [1.82, 2.24) is 4.57 Å². The molecule has 12 rings (SSSR count). The largest absolute Gasteiger partial charge is 0.311 e. The first kappa shape index (κ1) is 40.5. The summed E-state index contributed by atoms with van der Waals surface area (Å²) >= 11 is 0. The van der Waals surface area contributed by atoms with Crippen molar-refractivity contribution in [3.05, 3.63) is 279 Å². The van der Waals surface area contributed by atoms with Gasteiger partial charge in [-0.15, -0.1) is 0 Å². The fourth-order valence-electron chi connectivity index (χ4n) is 9.78. The van der Waals surface area contributed by atoms with E-state index in [4.69, 9.17) is 0 Å². The van der Waals surface area contributed by atoms with Crippen LogP contribution in [0.3, 0.4) is 0 Å². The van der Waals surface area contributed by atoms with E-state index in [-0.39, 0.29) is 0 Å². The average Bonchev–Trinajstić information content (AvgIpc) is 3.75. The molecule has 2 heteroatoms. The van der Waals surface area contributed by atoms with E-state index in [0.717, 1.165) is 22.7 Å². The van der Waals surface area contributed by atoms with E-state index >= 15 is 0 Å². The van der Waals surface area contributed by atoms with Crippen molar-refractivity contribution in [3.8, 4) is 72.4 Å². The molecular formula is C66H46N2. The highest BCUT2D eigenvalue weighted by Gasteiger charge is 2.18. The monoisotopic (exact) mass is 866 g/mol. The third-order valence-corrected chi connectivity index (χ3v) is 13.2. The Morgan fingerprint density at radius 1 is 0.221 bits per heavy atom. The van der Waals surface area contributed by atoms with Gasteiger partial charge < -0.3 is 9.47 Å². The van der Waals surface area contributed by atoms with Crippen LogP contribution in [0.25, 0.3) is 94.3 Å². The van der Waals surface area contributed by atoms with Crippen LogP contribution in [-0.4, -0.2) is 4.57 Å². The Kier molecular flexibility index (Phi) is 10.6. The number of rotatable bonds is 10. The summed E-state index contributed by atoms with van der Waals surface area (Å²) in [5.74, 6) is 0. The van der Waals surface area contributed by atoms with E-state index < -0.39 is 0 Å². The Bertz CT molecular complexity index is 3470. The summed E-state index contributed by atoms with van der Waals surface area (Å²) in [4.78, 5) is 2.34. The average molecular weight is 867 g/mol. The van der Waals surface area contributed by atoms with Gasteiger partial charge in [0.1, 0.15) is 0 Å². The predicted octanol–water partition coefficient (Wildman–Crippen LogP) is 18.3. The van der Waals surface area contributed by atoms with Gasteiger partial charge in [-0.1, -0.05) is 212 Å². The fraction of sp³-hybridized carbons (Fsp3) is 0. The fourth-order valence-corrected chi connectivity index (χ4v) is 9.78. The highest BCUT2D eigenvalue weighted by atomic mass is 15.1. The predicted molar refractivity (Wildman–Crippen MR) is 288 cm³/mol. The van der Waals surface area contributed by atoms with Gasteiger partial charge >= 0.3 is 0 Å². The van der Waals surface area contributed by atoms with Crippen molar-refractivity contribution in [2.24, 2.45) is 0 Å². The topological polar surface area (TPSA) is 8.17 Å². The van der Waals surface area contributed by atoms with Gasteiger partial charge in [0.25, 0.3) is 0 Å². The molecule has 0 aliphatic rings. The molecule has 68 heavy (non-hydrogen) atoms. The molecule has 0 bridgehead atoms. The molecule has 11 aromatic carbocycles. The molecular weight excluding hydrogens is 821 g/mol. The zero-order valence-corrected chi connectivity index (χ0v) is 37.5. The van der Waals surface area contributed by atoms with Crippen LogP contribution in [0.4, 0.5) is 17.1 Å². The van der Waals surface area contributed by atoms with E-state index in [0.29, 0.717) is 0 Å². The molecule has 320 valence electrons. The zero-order valence-electron chi connectivity index (χ0n) is 37.5. The van der Waals surface area contributed by atoms with E-state index in [2.05, 4.69) is 289 Å². The Balaban J connectivity index is 0.888. The van der Waals surface area contributed by atoms with Crippen molar-refractivity contribution < 1.29 is 0 Å². The van der Waals surface area contributed by atoms with E-state index in [1.807, 2.05) is 0 Å². The van der Waals surface area contributed by atoms with Gasteiger partial charge in [-0.25, -0.2) is 0 Å². The quantitative estimate of drug-likeness (QED) is 0.133. The summed E-state index contributed by atoms with van der Waals surface area (Å²) in [5, 5.41) is 2.47. The minimum Gasteiger partial charge on any atom is -0.311 e. The number of benzene rings is 11. The molecule has 0 saturated carbocycles. The lowest BCUT2D eigenvalue weighted by Crippen LogP contribution is -2.09. The summed E-state index contributed by atoms with van der Waals surface area (Å²) in [6, 6.07) is 101. The highest BCUT2D eigenvalue weighted by Crippen LogP contribution is 2.41. The number of para-hydroxylation sites is 1. The molecule has 0 unspecified atom stereocenters. The van der Waals surface area contributed by atoms with Crippen LogP contribution in [0.2, 0.25) is 0 Å². The molecule has 1 aromatic heterocycles. The first-order chi connectivity index (χ1) is 33.7. The minimum absolute atomic E-state index is 1.09. The Hall–Kier alpha value is -8.98. The zero-order chi connectivity index (χ0) is 45.2. The number of hydrogen-bond donors (Lipinski definition) is 0. The number of anilines is 3. The Morgan fingerprint density at radius 3 is 0.882 bits per heavy atom. The molecule has 0 radical (unpaired) electrons. The van der Waals surface area contributed by atoms with Crippen molar-refractivity contribution in [1.29, 1.82) is 0 Å². The highest BCUT2D eigenvalue weighted by molar-refractivity contribution is 6.12. The van der Waals surface area contributed by atoms with Gasteiger partial charge in [-0.05, 0) is 128 Å². The van der Waals surface area contributed by atoms with Gasteiger partial charge in [-0.3, -0.25) is 0 Å². The van der Waals surface area contributed by atoms with Crippen LogP contribution in [0.5, 0.6) is 0 Å². The normalized spacial score (nSPS) is 11.2. The van der Waals surface area contributed by atoms with E-state index in [1.165, 1.54) is 88.6 Å².